The standard InChI is InChI=1S/C13H10Cl3N3O4S.Na/c14-6-2-1-3-8(10(6)16)18-13(21)19-9-5-4-7(15)12(11(9)20)24(17,22)23;/h1-5,20H,(H2,17,22,23)(H2,18,19,21);/q;+1/p-1. The molecule has 4 N–H and O–H groups in total. The maximum absolute atomic E-state index is 12.1. The third-order valence-corrected chi connectivity index (χ3v) is 5.02. The molecule has 0 fully saturated rings. The fraction of sp³-hybridized carbons (Fsp3) is 0. The molecule has 0 unspecified atom stereocenters. The van der Waals surface area contributed by atoms with Crippen molar-refractivity contribution in [1.29, 1.82) is 0 Å². The van der Waals surface area contributed by atoms with Crippen LogP contribution in [0.3, 0.4) is 0 Å². The van der Waals surface area contributed by atoms with Crippen LogP contribution in [0.15, 0.2) is 35.2 Å². The van der Waals surface area contributed by atoms with E-state index in [4.69, 9.17) is 39.9 Å². The molecule has 0 saturated carbocycles. The molecule has 0 heterocycles. The second kappa shape index (κ2) is 8.79. The van der Waals surface area contributed by atoms with E-state index in [9.17, 15) is 18.3 Å². The van der Waals surface area contributed by atoms with Crippen molar-refractivity contribution in [3.8, 4) is 5.75 Å². The SMILES string of the molecule is NS(=O)(=O)c1c(Cl)ccc(NC(=O)Nc2cccc(Cl)c2Cl)c1[O-].[Na+]. The molecule has 12 heteroatoms. The summed E-state index contributed by atoms with van der Waals surface area (Å²) in [6, 6.07) is 6.02. The zero-order valence-corrected chi connectivity index (χ0v) is 17.7. The zero-order valence-electron chi connectivity index (χ0n) is 12.6. The van der Waals surface area contributed by atoms with Crippen LogP contribution in [-0.2, 0) is 10.0 Å². The van der Waals surface area contributed by atoms with Gasteiger partial charge in [0, 0.05) is 5.69 Å². The van der Waals surface area contributed by atoms with Gasteiger partial charge < -0.3 is 15.7 Å². The summed E-state index contributed by atoms with van der Waals surface area (Å²) in [5.74, 6) is -1.03. The largest absolute Gasteiger partial charge is 1.00 e. The number of hydrogen-bond acceptors (Lipinski definition) is 4. The van der Waals surface area contributed by atoms with Gasteiger partial charge in [-0.15, -0.1) is 0 Å². The number of carbonyl (C=O) groups excluding carboxylic acids is 1. The Labute approximate surface area is 180 Å². The normalized spacial score (nSPS) is 10.7. The number of nitrogens with two attached hydrogens (primary N) is 1. The van der Waals surface area contributed by atoms with Crippen LogP contribution in [0.2, 0.25) is 15.1 Å². The monoisotopic (exact) mass is 431 g/mol. The molecule has 0 radical (unpaired) electrons. The molecule has 25 heavy (non-hydrogen) atoms. The Bertz CT molecular complexity index is 925. The van der Waals surface area contributed by atoms with Gasteiger partial charge >= 0.3 is 35.6 Å². The van der Waals surface area contributed by atoms with E-state index in [1.54, 1.807) is 6.07 Å². The molecule has 2 aromatic rings. The second-order valence-corrected chi connectivity index (χ2v) is 7.17. The van der Waals surface area contributed by atoms with E-state index in [2.05, 4.69) is 10.6 Å². The Morgan fingerprint density at radius 1 is 1.00 bits per heavy atom. The molecule has 0 aromatic heterocycles. The molecule has 0 aliphatic rings. The van der Waals surface area contributed by atoms with Crippen LogP contribution in [0.25, 0.3) is 0 Å². The molecule has 0 atom stereocenters. The van der Waals surface area contributed by atoms with E-state index < -0.39 is 26.7 Å². The van der Waals surface area contributed by atoms with E-state index in [1.807, 2.05) is 0 Å². The van der Waals surface area contributed by atoms with Crippen molar-refractivity contribution in [3.05, 3.63) is 45.4 Å². The predicted molar refractivity (Wildman–Crippen MR) is 91.4 cm³/mol. The Hall–Kier alpha value is -0.710. The van der Waals surface area contributed by atoms with Gasteiger partial charge in [0.25, 0.3) is 0 Å². The van der Waals surface area contributed by atoms with Crippen LogP contribution < -0.4 is 50.4 Å². The van der Waals surface area contributed by atoms with E-state index in [1.165, 1.54) is 12.1 Å². The van der Waals surface area contributed by atoms with Crippen molar-refractivity contribution < 1.29 is 47.9 Å². The number of benzene rings is 2. The molecular formula is C13H9Cl3N3NaO4S. The molecule has 2 rings (SSSR count). The summed E-state index contributed by atoms with van der Waals surface area (Å²) in [6.07, 6.45) is 0. The smallest absolute Gasteiger partial charge is 0.870 e. The fourth-order valence-corrected chi connectivity index (χ4v) is 3.31. The number of urea groups is 1. The van der Waals surface area contributed by atoms with Crippen LogP contribution in [0, 0.1) is 0 Å². The first-order chi connectivity index (χ1) is 11.1. The number of carbonyl (C=O) groups is 1. The van der Waals surface area contributed by atoms with Crippen LogP contribution in [0.1, 0.15) is 0 Å². The van der Waals surface area contributed by atoms with Gasteiger partial charge in [-0.05, 0) is 24.3 Å². The minimum absolute atomic E-state index is 0. The van der Waals surface area contributed by atoms with Gasteiger partial charge in [0.05, 0.1) is 25.7 Å². The Morgan fingerprint density at radius 2 is 1.60 bits per heavy atom. The number of anilines is 2. The molecular weight excluding hydrogens is 424 g/mol. The van der Waals surface area contributed by atoms with E-state index in [-0.39, 0.29) is 56.0 Å². The Balaban J connectivity index is 0.00000312. The van der Waals surface area contributed by atoms with Gasteiger partial charge in [0.15, 0.2) is 0 Å². The number of hydrogen-bond donors (Lipinski definition) is 3. The first-order valence-electron chi connectivity index (χ1n) is 6.15. The molecule has 0 saturated heterocycles. The van der Waals surface area contributed by atoms with Gasteiger partial charge in [-0.3, -0.25) is 0 Å². The third-order valence-electron chi connectivity index (χ3n) is 2.80. The average molecular weight is 433 g/mol. The van der Waals surface area contributed by atoms with Crippen molar-refractivity contribution in [3.63, 3.8) is 0 Å². The summed E-state index contributed by atoms with van der Waals surface area (Å²) in [5, 5.41) is 21.6. The van der Waals surface area contributed by atoms with Crippen LogP contribution in [0.4, 0.5) is 16.2 Å². The van der Waals surface area contributed by atoms with Crippen molar-refractivity contribution >= 4 is 62.2 Å². The summed E-state index contributed by atoms with van der Waals surface area (Å²) >= 11 is 17.4. The third kappa shape index (κ3) is 5.38. The maximum Gasteiger partial charge on any atom is 1.00 e. The van der Waals surface area contributed by atoms with Crippen LogP contribution in [-0.4, -0.2) is 14.4 Å². The van der Waals surface area contributed by atoms with Crippen molar-refractivity contribution in [2.75, 3.05) is 10.6 Å². The summed E-state index contributed by atoms with van der Waals surface area (Å²) < 4.78 is 22.8. The minimum Gasteiger partial charge on any atom is -0.870 e. The molecule has 0 spiro atoms. The number of nitrogens with one attached hydrogen (secondary N) is 2. The fourth-order valence-electron chi connectivity index (χ4n) is 1.78. The van der Waals surface area contributed by atoms with Gasteiger partial charge in [-0.1, -0.05) is 46.6 Å². The van der Waals surface area contributed by atoms with Crippen molar-refractivity contribution in [2.24, 2.45) is 5.14 Å². The quantitative estimate of drug-likeness (QED) is 0.591. The van der Waals surface area contributed by atoms with Gasteiger partial charge in [-0.25, -0.2) is 18.4 Å². The van der Waals surface area contributed by atoms with Crippen LogP contribution in [0.5, 0.6) is 5.75 Å². The summed E-state index contributed by atoms with van der Waals surface area (Å²) in [5.41, 5.74) is -0.117. The number of amides is 2. The Kier molecular flexibility index (Phi) is 7.85. The van der Waals surface area contributed by atoms with E-state index in [0.717, 1.165) is 12.1 Å². The van der Waals surface area contributed by atoms with Gasteiger partial charge in [-0.2, -0.15) is 0 Å². The van der Waals surface area contributed by atoms with Gasteiger partial charge in [0.1, 0.15) is 0 Å². The first-order valence-corrected chi connectivity index (χ1v) is 8.83. The maximum atomic E-state index is 12.1. The number of rotatable bonds is 3. The summed E-state index contributed by atoms with van der Waals surface area (Å²) in [7, 11) is -4.35. The topological polar surface area (TPSA) is 124 Å². The van der Waals surface area contributed by atoms with Crippen molar-refractivity contribution in [1.82, 2.24) is 0 Å². The average Bonchev–Trinajstić information content (AvgIpc) is 2.45. The molecule has 128 valence electrons. The number of halogens is 3. The van der Waals surface area contributed by atoms with E-state index >= 15 is 0 Å². The minimum atomic E-state index is -4.35. The molecule has 0 aliphatic carbocycles. The first kappa shape index (κ1) is 22.3. The van der Waals surface area contributed by atoms with Gasteiger partial charge in [0.2, 0.25) is 10.0 Å². The van der Waals surface area contributed by atoms with Crippen LogP contribution >= 0.6 is 34.8 Å². The predicted octanol–water partition coefficient (Wildman–Crippen LogP) is 0.0158. The number of sulfonamides is 1. The Morgan fingerprint density at radius 3 is 2.20 bits per heavy atom. The molecule has 2 amide bonds. The molecule has 2 aromatic carbocycles. The second-order valence-electron chi connectivity index (χ2n) is 4.48. The summed E-state index contributed by atoms with van der Waals surface area (Å²) in [4.78, 5) is 11.2. The number of primary sulfonamides is 1. The van der Waals surface area contributed by atoms with Crippen molar-refractivity contribution in [2.45, 2.75) is 4.90 Å². The molecule has 7 nitrogen and oxygen atoms in total. The van der Waals surface area contributed by atoms with E-state index in [0.29, 0.717) is 0 Å². The molecule has 0 aliphatic heterocycles. The molecule has 0 bridgehead atoms. The summed E-state index contributed by atoms with van der Waals surface area (Å²) in [6.45, 7) is 0. The zero-order chi connectivity index (χ0) is 18.1.